The standard InChI is InChI=1S/C28H20Cl3N3O3/c29-14-8-10-21-18(12-14)28(26(37)33-21)24(23(35)16-9-7-15(30)13-19(16)31)27(22-6-3-11-34(22)28)17-4-1-2-5-20(17)32-25(27)36/h1-2,4-5,7-10,12-13,22,24H,3,6,11H2,(H,32,36)(H,33,37)/t22-,24-,27-,28-/m1/s1. The zero-order chi connectivity index (χ0) is 25.7. The predicted octanol–water partition coefficient (Wildman–Crippen LogP) is 5.66. The van der Waals surface area contributed by atoms with Gasteiger partial charge in [0.15, 0.2) is 5.78 Å². The lowest BCUT2D eigenvalue weighted by atomic mass is 9.60. The van der Waals surface area contributed by atoms with Crippen molar-refractivity contribution in [2.24, 2.45) is 5.92 Å². The van der Waals surface area contributed by atoms with Gasteiger partial charge in [-0.2, -0.15) is 0 Å². The van der Waals surface area contributed by atoms with Crippen LogP contribution in [0.2, 0.25) is 15.1 Å². The third kappa shape index (κ3) is 2.74. The van der Waals surface area contributed by atoms with Crippen molar-refractivity contribution in [2.45, 2.75) is 29.8 Å². The summed E-state index contributed by atoms with van der Waals surface area (Å²) in [5.41, 5.74) is 0.0289. The molecule has 2 N–H and O–H groups in total. The summed E-state index contributed by atoms with van der Waals surface area (Å²) in [6.45, 7) is 0.555. The van der Waals surface area contributed by atoms with Gasteiger partial charge in [-0.25, -0.2) is 0 Å². The van der Waals surface area contributed by atoms with Crippen LogP contribution in [0.1, 0.15) is 34.3 Å². The molecule has 4 aliphatic heterocycles. The maximum Gasteiger partial charge on any atom is 0.250 e. The summed E-state index contributed by atoms with van der Waals surface area (Å²) < 4.78 is 0. The lowest BCUT2D eigenvalue weighted by Gasteiger charge is -2.38. The number of amides is 2. The number of hydrogen-bond donors (Lipinski definition) is 2. The molecule has 3 aromatic rings. The maximum atomic E-state index is 14.8. The Labute approximate surface area is 227 Å². The molecule has 2 spiro atoms. The smallest absolute Gasteiger partial charge is 0.250 e. The van der Waals surface area contributed by atoms with E-state index in [0.717, 1.165) is 12.0 Å². The second kappa shape index (κ2) is 7.81. The first kappa shape index (κ1) is 23.2. The van der Waals surface area contributed by atoms with Crippen LogP contribution in [0.15, 0.2) is 60.7 Å². The molecule has 0 aliphatic carbocycles. The number of fused-ring (bicyclic) bond motifs is 7. The van der Waals surface area contributed by atoms with Crippen molar-refractivity contribution >= 4 is 63.8 Å². The van der Waals surface area contributed by atoms with Crippen molar-refractivity contribution < 1.29 is 14.4 Å². The number of rotatable bonds is 2. The molecule has 0 saturated carbocycles. The van der Waals surface area contributed by atoms with E-state index in [1.807, 2.05) is 24.3 Å². The highest BCUT2D eigenvalue weighted by Crippen LogP contribution is 2.66. The molecule has 7 rings (SSSR count). The van der Waals surface area contributed by atoms with E-state index in [1.165, 1.54) is 6.07 Å². The fraction of sp³-hybridized carbons (Fsp3) is 0.250. The summed E-state index contributed by atoms with van der Waals surface area (Å²) in [5.74, 6) is -2.11. The summed E-state index contributed by atoms with van der Waals surface area (Å²) >= 11 is 19.2. The van der Waals surface area contributed by atoms with Crippen molar-refractivity contribution in [3.8, 4) is 0 Å². The SMILES string of the molecule is O=C(c1ccc(Cl)cc1Cl)[C@@H]1[C@]2(C(=O)Nc3ccccc32)[C@H]2CCCN2[C@@]12C(=O)Nc1ccc(Cl)cc12. The van der Waals surface area contributed by atoms with Crippen LogP contribution in [0.25, 0.3) is 0 Å². The number of carbonyl (C=O) groups is 3. The second-order valence-electron chi connectivity index (χ2n) is 10.1. The van der Waals surface area contributed by atoms with E-state index in [4.69, 9.17) is 34.8 Å². The van der Waals surface area contributed by atoms with Crippen molar-refractivity contribution in [3.05, 3.63) is 92.4 Å². The number of ketones is 1. The van der Waals surface area contributed by atoms with Crippen LogP contribution in [0.3, 0.4) is 0 Å². The molecule has 0 radical (unpaired) electrons. The topological polar surface area (TPSA) is 78.5 Å². The number of benzene rings is 3. The Balaban J connectivity index is 1.60. The first-order valence-corrected chi connectivity index (χ1v) is 13.2. The van der Waals surface area contributed by atoms with Gasteiger partial charge in [0.2, 0.25) is 11.8 Å². The molecular weight excluding hydrogens is 533 g/mol. The highest BCUT2D eigenvalue weighted by atomic mass is 35.5. The van der Waals surface area contributed by atoms with Crippen LogP contribution in [0, 0.1) is 5.92 Å². The molecule has 4 heterocycles. The van der Waals surface area contributed by atoms with Crippen LogP contribution < -0.4 is 10.6 Å². The van der Waals surface area contributed by atoms with E-state index in [9.17, 15) is 14.4 Å². The molecule has 4 atom stereocenters. The minimum absolute atomic E-state index is 0.172. The molecule has 186 valence electrons. The highest BCUT2D eigenvalue weighted by molar-refractivity contribution is 6.37. The van der Waals surface area contributed by atoms with E-state index in [1.54, 1.807) is 30.3 Å². The number of halogens is 3. The molecule has 0 aromatic heterocycles. The Morgan fingerprint density at radius 2 is 1.57 bits per heavy atom. The number of nitrogens with one attached hydrogen (secondary N) is 2. The number of para-hydroxylation sites is 1. The fourth-order valence-electron chi connectivity index (χ4n) is 7.36. The molecule has 3 aromatic carbocycles. The molecule has 2 fully saturated rings. The molecule has 2 saturated heterocycles. The Bertz CT molecular complexity index is 1560. The van der Waals surface area contributed by atoms with Gasteiger partial charge >= 0.3 is 0 Å². The molecule has 37 heavy (non-hydrogen) atoms. The first-order chi connectivity index (χ1) is 17.8. The first-order valence-electron chi connectivity index (χ1n) is 12.1. The molecule has 6 nitrogen and oxygen atoms in total. The number of hydrogen-bond acceptors (Lipinski definition) is 4. The zero-order valence-corrected chi connectivity index (χ0v) is 21.6. The Morgan fingerprint density at radius 1 is 0.865 bits per heavy atom. The molecule has 9 heteroatoms. The molecule has 0 bridgehead atoms. The van der Waals surface area contributed by atoms with Crippen molar-refractivity contribution in [1.82, 2.24) is 4.90 Å². The van der Waals surface area contributed by atoms with Crippen LogP contribution in [-0.4, -0.2) is 35.1 Å². The van der Waals surface area contributed by atoms with Crippen LogP contribution in [-0.2, 0) is 20.5 Å². The van der Waals surface area contributed by atoms with E-state index in [0.29, 0.717) is 39.9 Å². The summed E-state index contributed by atoms with van der Waals surface area (Å²) in [7, 11) is 0. The van der Waals surface area contributed by atoms with Gasteiger partial charge in [0.05, 0.1) is 10.9 Å². The third-order valence-electron chi connectivity index (χ3n) is 8.55. The highest BCUT2D eigenvalue weighted by Gasteiger charge is 2.78. The van der Waals surface area contributed by atoms with Gasteiger partial charge in [-0.1, -0.05) is 53.0 Å². The summed E-state index contributed by atoms with van der Waals surface area (Å²) in [6, 6.07) is 16.9. The van der Waals surface area contributed by atoms with Crippen LogP contribution in [0.4, 0.5) is 11.4 Å². The second-order valence-corrected chi connectivity index (χ2v) is 11.3. The molecule has 4 aliphatic rings. The lowest BCUT2D eigenvalue weighted by molar-refractivity contribution is -0.128. The van der Waals surface area contributed by atoms with E-state index >= 15 is 0 Å². The van der Waals surface area contributed by atoms with Gasteiger partial charge in [0.1, 0.15) is 11.0 Å². The number of Topliss-reactive ketones (excluding diaryl/α,β-unsaturated/α-hetero) is 1. The minimum Gasteiger partial charge on any atom is -0.325 e. The van der Waals surface area contributed by atoms with Gasteiger partial charge in [0, 0.05) is 38.6 Å². The largest absolute Gasteiger partial charge is 0.325 e. The summed E-state index contributed by atoms with van der Waals surface area (Å²) in [4.78, 5) is 45.3. The van der Waals surface area contributed by atoms with E-state index in [2.05, 4.69) is 15.5 Å². The van der Waals surface area contributed by atoms with Gasteiger partial charge in [-0.05, 0) is 67.4 Å². The number of anilines is 2. The summed E-state index contributed by atoms with van der Waals surface area (Å²) in [6.07, 6.45) is 1.44. The minimum atomic E-state index is -1.45. The fourth-order valence-corrected chi connectivity index (χ4v) is 8.04. The number of nitrogens with zero attached hydrogens (tertiary/aromatic N) is 1. The van der Waals surface area contributed by atoms with Crippen molar-refractivity contribution in [2.75, 3.05) is 17.2 Å². The molecule has 2 amide bonds. The molecular formula is C28H20Cl3N3O3. The van der Waals surface area contributed by atoms with Crippen LogP contribution in [0.5, 0.6) is 0 Å². The number of carbonyl (C=O) groups excluding carboxylic acids is 3. The van der Waals surface area contributed by atoms with Crippen molar-refractivity contribution in [1.29, 1.82) is 0 Å². The van der Waals surface area contributed by atoms with Gasteiger partial charge in [0.25, 0.3) is 0 Å². The predicted molar refractivity (Wildman–Crippen MR) is 143 cm³/mol. The maximum absolute atomic E-state index is 14.8. The average molecular weight is 553 g/mol. The Kier molecular flexibility index (Phi) is 4.90. The van der Waals surface area contributed by atoms with E-state index in [-0.39, 0.29) is 34.2 Å². The average Bonchev–Trinajstić information content (AvgIpc) is 3.58. The quantitative estimate of drug-likeness (QED) is 0.402. The molecule has 0 unspecified atom stereocenters. The normalized spacial score (nSPS) is 29.4. The van der Waals surface area contributed by atoms with Crippen molar-refractivity contribution in [3.63, 3.8) is 0 Å². The third-order valence-corrected chi connectivity index (χ3v) is 9.33. The lowest BCUT2D eigenvalue weighted by Crippen LogP contribution is -2.55. The van der Waals surface area contributed by atoms with Gasteiger partial charge in [-0.3, -0.25) is 19.3 Å². The van der Waals surface area contributed by atoms with E-state index < -0.39 is 16.9 Å². The van der Waals surface area contributed by atoms with Gasteiger partial charge < -0.3 is 10.6 Å². The summed E-state index contributed by atoms with van der Waals surface area (Å²) in [5, 5.41) is 7.03. The Hall–Kier alpha value is -2.90. The van der Waals surface area contributed by atoms with Crippen LogP contribution >= 0.6 is 34.8 Å². The Morgan fingerprint density at radius 3 is 2.38 bits per heavy atom. The monoisotopic (exact) mass is 551 g/mol. The van der Waals surface area contributed by atoms with Gasteiger partial charge in [-0.15, -0.1) is 0 Å². The zero-order valence-electron chi connectivity index (χ0n) is 19.4.